The highest BCUT2D eigenvalue weighted by molar-refractivity contribution is 5.20. The van der Waals surface area contributed by atoms with Crippen molar-refractivity contribution in [1.82, 2.24) is 9.78 Å². The second-order valence-corrected chi connectivity index (χ2v) is 4.51. The minimum absolute atomic E-state index is 0.172. The van der Waals surface area contributed by atoms with Crippen molar-refractivity contribution in [3.63, 3.8) is 0 Å². The van der Waals surface area contributed by atoms with Crippen LogP contribution in [0.4, 0.5) is 13.2 Å². The van der Waals surface area contributed by atoms with Crippen LogP contribution in [-0.4, -0.2) is 27.6 Å². The van der Waals surface area contributed by atoms with Crippen molar-refractivity contribution in [3.8, 4) is 5.75 Å². The first-order valence-electron chi connectivity index (χ1n) is 6.37. The molecule has 0 aliphatic heterocycles. The van der Waals surface area contributed by atoms with Crippen LogP contribution in [0.2, 0.25) is 0 Å². The van der Waals surface area contributed by atoms with Crippen LogP contribution in [-0.2, 0) is 12.7 Å². The number of ether oxygens (including phenoxy) is 1. The molecule has 0 bridgehead atoms. The summed E-state index contributed by atoms with van der Waals surface area (Å²) in [5.74, 6) is 0.505. The molecular formula is C14H13F3N2O3. The van der Waals surface area contributed by atoms with Crippen LogP contribution in [0.15, 0.2) is 47.3 Å². The van der Waals surface area contributed by atoms with Gasteiger partial charge in [-0.25, -0.2) is 4.68 Å². The molecular weight excluding hydrogens is 301 g/mol. The summed E-state index contributed by atoms with van der Waals surface area (Å²) < 4.78 is 43.5. The fourth-order valence-electron chi connectivity index (χ4n) is 1.69. The summed E-state index contributed by atoms with van der Waals surface area (Å²) in [6, 6.07) is 9.96. The van der Waals surface area contributed by atoms with Crippen molar-refractivity contribution in [2.24, 2.45) is 0 Å². The Kier molecular flexibility index (Phi) is 4.81. The van der Waals surface area contributed by atoms with Crippen LogP contribution in [0.5, 0.6) is 5.75 Å². The highest BCUT2D eigenvalue weighted by atomic mass is 19.4. The number of hydrogen-bond acceptors (Lipinski definition) is 4. The fraction of sp³-hybridized carbons (Fsp3) is 0.286. The normalized spacial score (nSPS) is 12.9. The van der Waals surface area contributed by atoms with Gasteiger partial charge in [-0.05, 0) is 18.2 Å². The van der Waals surface area contributed by atoms with Crippen LogP contribution < -0.4 is 10.3 Å². The molecule has 22 heavy (non-hydrogen) atoms. The Labute approximate surface area is 123 Å². The van der Waals surface area contributed by atoms with E-state index < -0.39 is 30.1 Å². The van der Waals surface area contributed by atoms with E-state index in [1.54, 1.807) is 30.3 Å². The van der Waals surface area contributed by atoms with E-state index in [4.69, 9.17) is 4.74 Å². The number of aliphatic hydroxyl groups excluding tert-OH is 1. The van der Waals surface area contributed by atoms with Gasteiger partial charge >= 0.3 is 6.18 Å². The lowest BCUT2D eigenvalue weighted by Gasteiger charge is -2.14. The first-order chi connectivity index (χ1) is 10.4. The minimum atomic E-state index is -4.65. The van der Waals surface area contributed by atoms with E-state index in [0.717, 1.165) is 6.07 Å². The highest BCUT2D eigenvalue weighted by Gasteiger charge is 2.33. The Hall–Kier alpha value is -2.35. The Morgan fingerprint density at radius 2 is 1.86 bits per heavy atom. The number of aromatic nitrogens is 2. The number of alkyl halides is 3. The molecule has 0 aliphatic carbocycles. The van der Waals surface area contributed by atoms with Crippen LogP contribution in [0.1, 0.15) is 5.69 Å². The number of aliphatic hydroxyl groups is 1. The molecule has 1 N–H and O–H groups in total. The van der Waals surface area contributed by atoms with Gasteiger partial charge in [-0.2, -0.15) is 18.3 Å². The van der Waals surface area contributed by atoms with Crippen molar-refractivity contribution < 1.29 is 23.0 Å². The number of benzene rings is 1. The average Bonchev–Trinajstić information content (AvgIpc) is 2.47. The summed E-state index contributed by atoms with van der Waals surface area (Å²) in [5.41, 5.74) is -1.92. The standard InChI is InChI=1S/C14H13F3N2O3/c15-14(16,17)12-6-7-13(21)19(18-12)8-10(20)9-22-11-4-2-1-3-5-11/h1-7,10,20H,8-9H2/t10-/m0/s1. The van der Waals surface area contributed by atoms with E-state index in [0.29, 0.717) is 16.5 Å². The summed E-state index contributed by atoms with van der Waals surface area (Å²) in [7, 11) is 0. The summed E-state index contributed by atoms with van der Waals surface area (Å²) in [5, 5.41) is 13.0. The number of halogens is 3. The van der Waals surface area contributed by atoms with Crippen molar-refractivity contribution in [2.45, 2.75) is 18.8 Å². The fourth-order valence-corrected chi connectivity index (χ4v) is 1.69. The van der Waals surface area contributed by atoms with Gasteiger partial charge in [-0.15, -0.1) is 0 Å². The molecule has 1 aromatic heterocycles. The van der Waals surface area contributed by atoms with E-state index in [1.165, 1.54) is 0 Å². The third-order valence-corrected chi connectivity index (χ3v) is 2.73. The molecule has 1 atom stereocenters. The number of hydrogen-bond donors (Lipinski definition) is 1. The largest absolute Gasteiger partial charge is 0.491 e. The van der Waals surface area contributed by atoms with Crippen LogP contribution in [0.25, 0.3) is 0 Å². The van der Waals surface area contributed by atoms with Crippen LogP contribution in [0, 0.1) is 0 Å². The maximum Gasteiger partial charge on any atom is 0.435 e. The van der Waals surface area contributed by atoms with Crippen LogP contribution in [0.3, 0.4) is 0 Å². The molecule has 1 aromatic carbocycles. The highest BCUT2D eigenvalue weighted by Crippen LogP contribution is 2.26. The first-order valence-corrected chi connectivity index (χ1v) is 6.37. The van der Waals surface area contributed by atoms with Gasteiger partial charge in [0.2, 0.25) is 0 Å². The summed E-state index contributed by atoms with van der Waals surface area (Å²) in [4.78, 5) is 11.5. The molecule has 8 heteroatoms. The van der Waals surface area contributed by atoms with Crippen molar-refractivity contribution in [1.29, 1.82) is 0 Å². The Balaban J connectivity index is 2.02. The van der Waals surface area contributed by atoms with Crippen LogP contribution >= 0.6 is 0 Å². The maximum atomic E-state index is 12.5. The quantitative estimate of drug-likeness (QED) is 0.912. The predicted octanol–water partition coefficient (Wildman–Crippen LogP) is 1.70. The van der Waals surface area contributed by atoms with Gasteiger partial charge < -0.3 is 9.84 Å². The summed E-state index contributed by atoms with van der Waals surface area (Å²) >= 11 is 0. The number of para-hydroxylation sites is 1. The molecule has 0 saturated heterocycles. The van der Waals surface area contributed by atoms with Gasteiger partial charge in [0.05, 0.1) is 6.54 Å². The molecule has 5 nitrogen and oxygen atoms in total. The van der Waals surface area contributed by atoms with Gasteiger partial charge in [0.15, 0.2) is 5.69 Å². The molecule has 0 spiro atoms. The van der Waals surface area contributed by atoms with E-state index >= 15 is 0 Å². The predicted molar refractivity (Wildman–Crippen MR) is 71.4 cm³/mol. The van der Waals surface area contributed by atoms with E-state index in [1.807, 2.05) is 0 Å². The molecule has 0 amide bonds. The average molecular weight is 314 g/mol. The molecule has 0 unspecified atom stereocenters. The monoisotopic (exact) mass is 314 g/mol. The molecule has 0 saturated carbocycles. The first kappa shape index (κ1) is 16.0. The summed E-state index contributed by atoms with van der Waals surface area (Å²) in [6.45, 7) is -0.566. The van der Waals surface area contributed by atoms with Crippen molar-refractivity contribution >= 4 is 0 Å². The van der Waals surface area contributed by atoms with Gasteiger partial charge in [0, 0.05) is 6.07 Å². The van der Waals surface area contributed by atoms with Crippen molar-refractivity contribution in [2.75, 3.05) is 6.61 Å². The maximum absolute atomic E-state index is 12.5. The summed E-state index contributed by atoms with van der Waals surface area (Å²) in [6.07, 6.45) is -5.82. The third kappa shape index (κ3) is 4.32. The molecule has 118 valence electrons. The van der Waals surface area contributed by atoms with Gasteiger partial charge in [-0.3, -0.25) is 4.79 Å². The van der Waals surface area contributed by atoms with Gasteiger partial charge in [0.25, 0.3) is 5.56 Å². The van der Waals surface area contributed by atoms with Gasteiger partial charge in [-0.1, -0.05) is 18.2 Å². The zero-order valence-electron chi connectivity index (χ0n) is 11.3. The zero-order chi connectivity index (χ0) is 16.2. The molecule has 0 fully saturated rings. The molecule has 0 aliphatic rings. The zero-order valence-corrected chi connectivity index (χ0v) is 11.3. The lowest BCUT2D eigenvalue weighted by atomic mass is 10.3. The third-order valence-electron chi connectivity index (χ3n) is 2.73. The lowest BCUT2D eigenvalue weighted by molar-refractivity contribution is -0.142. The minimum Gasteiger partial charge on any atom is -0.491 e. The molecule has 0 radical (unpaired) electrons. The topological polar surface area (TPSA) is 64.4 Å². The molecule has 1 heterocycles. The second-order valence-electron chi connectivity index (χ2n) is 4.51. The molecule has 2 aromatic rings. The van der Waals surface area contributed by atoms with E-state index in [9.17, 15) is 23.1 Å². The lowest BCUT2D eigenvalue weighted by Crippen LogP contribution is -2.33. The van der Waals surface area contributed by atoms with E-state index in [-0.39, 0.29) is 6.61 Å². The Bertz CT molecular complexity index is 671. The number of nitrogens with zero attached hydrogens (tertiary/aromatic N) is 2. The second kappa shape index (κ2) is 6.61. The van der Waals surface area contributed by atoms with Crippen molar-refractivity contribution in [3.05, 3.63) is 58.5 Å². The Morgan fingerprint density at radius 3 is 2.50 bits per heavy atom. The molecule has 2 rings (SSSR count). The smallest absolute Gasteiger partial charge is 0.435 e. The van der Waals surface area contributed by atoms with E-state index in [2.05, 4.69) is 5.10 Å². The SMILES string of the molecule is O=c1ccc(C(F)(F)F)nn1C[C@H](O)COc1ccccc1. The Morgan fingerprint density at radius 1 is 1.18 bits per heavy atom. The number of rotatable bonds is 5. The van der Waals surface area contributed by atoms with Gasteiger partial charge in [0.1, 0.15) is 18.5 Å².